The first-order chi connectivity index (χ1) is 7.93. The van der Waals surface area contributed by atoms with Gasteiger partial charge in [0.05, 0.1) is 5.39 Å². The van der Waals surface area contributed by atoms with Crippen molar-refractivity contribution in [2.75, 3.05) is 0 Å². The van der Waals surface area contributed by atoms with Gasteiger partial charge in [0.25, 0.3) is 0 Å². The van der Waals surface area contributed by atoms with Gasteiger partial charge in [-0.1, -0.05) is 18.2 Å². The first-order valence-corrected chi connectivity index (χ1v) is 4.76. The molecule has 0 N–H and O–H groups in total. The van der Waals surface area contributed by atoms with Crippen LogP contribution < -0.4 is 0 Å². The fraction of sp³-hybridized carbons (Fsp3) is 0. The van der Waals surface area contributed by atoms with Crippen molar-refractivity contribution in [3.63, 3.8) is 0 Å². The molecule has 0 radical (unpaired) electrons. The molecule has 0 saturated heterocycles. The van der Waals surface area contributed by atoms with E-state index in [4.69, 9.17) is 0 Å². The van der Waals surface area contributed by atoms with E-state index in [1.807, 2.05) is 18.2 Å². The van der Waals surface area contributed by atoms with Crippen LogP contribution in [0.3, 0.4) is 0 Å². The largest absolute Gasteiger partial charge is 0.234 e. The van der Waals surface area contributed by atoms with E-state index in [1.54, 1.807) is 6.20 Å². The van der Waals surface area contributed by atoms with Gasteiger partial charge < -0.3 is 0 Å². The van der Waals surface area contributed by atoms with Gasteiger partial charge in [0.1, 0.15) is 5.52 Å². The summed E-state index contributed by atoms with van der Waals surface area (Å²) in [4.78, 5) is 4.27. The Morgan fingerprint density at radius 2 is 1.81 bits per heavy atom. The van der Waals surface area contributed by atoms with Crippen LogP contribution in [0.5, 0.6) is 0 Å². The van der Waals surface area contributed by atoms with E-state index in [2.05, 4.69) is 30.6 Å². The number of nitrogens with zero attached hydrogens (tertiary/aromatic N) is 6. The molecule has 1 aromatic carbocycles. The molecule has 6 nitrogen and oxygen atoms in total. The van der Waals surface area contributed by atoms with E-state index in [0.29, 0.717) is 11.3 Å². The van der Waals surface area contributed by atoms with Crippen molar-refractivity contribution < 1.29 is 0 Å². The highest BCUT2D eigenvalue weighted by atomic mass is 15.3. The van der Waals surface area contributed by atoms with Crippen LogP contribution >= 0.6 is 0 Å². The third kappa shape index (κ3) is 0.813. The van der Waals surface area contributed by atoms with Crippen LogP contribution in [0.4, 0.5) is 0 Å². The number of hydrogen-bond donors (Lipinski definition) is 0. The molecular weight excluding hydrogens is 204 g/mol. The SMILES string of the molecule is c1cc2cnc3nnnc4nnc(c2c1)c34. The summed E-state index contributed by atoms with van der Waals surface area (Å²) >= 11 is 0. The maximum absolute atomic E-state index is 4.27. The zero-order chi connectivity index (χ0) is 10.5. The molecule has 6 heteroatoms. The first-order valence-electron chi connectivity index (χ1n) is 4.76. The molecule has 3 heterocycles. The molecule has 0 fully saturated rings. The minimum absolute atomic E-state index is 0.492. The Morgan fingerprint density at radius 1 is 0.875 bits per heavy atom. The summed E-state index contributed by atoms with van der Waals surface area (Å²) in [6, 6.07) is 5.93. The third-order valence-corrected chi connectivity index (χ3v) is 2.64. The Morgan fingerprint density at radius 3 is 2.81 bits per heavy atom. The summed E-state index contributed by atoms with van der Waals surface area (Å²) in [5, 5.41) is 22.2. The van der Waals surface area contributed by atoms with Gasteiger partial charge in [-0.15, -0.1) is 20.4 Å². The molecule has 3 aromatic heterocycles. The van der Waals surface area contributed by atoms with Crippen LogP contribution in [0, 0.1) is 0 Å². The lowest BCUT2D eigenvalue weighted by Crippen LogP contribution is -1.88. The van der Waals surface area contributed by atoms with Gasteiger partial charge in [-0.05, 0) is 5.21 Å². The van der Waals surface area contributed by atoms with Crippen LogP contribution in [0.25, 0.3) is 33.0 Å². The van der Waals surface area contributed by atoms with Crippen molar-refractivity contribution >= 4 is 33.0 Å². The Kier molecular flexibility index (Phi) is 1.23. The van der Waals surface area contributed by atoms with Gasteiger partial charge >= 0.3 is 0 Å². The summed E-state index contributed by atoms with van der Waals surface area (Å²) in [6.07, 6.45) is 1.76. The molecule has 74 valence electrons. The molecule has 16 heavy (non-hydrogen) atoms. The monoisotopic (exact) mass is 208 g/mol. The van der Waals surface area contributed by atoms with E-state index < -0.39 is 0 Å². The minimum atomic E-state index is 0.492. The minimum Gasteiger partial charge on any atom is -0.234 e. The Bertz CT molecular complexity index is 812. The van der Waals surface area contributed by atoms with E-state index >= 15 is 0 Å². The van der Waals surface area contributed by atoms with Gasteiger partial charge in [-0.3, -0.25) is 0 Å². The summed E-state index contributed by atoms with van der Waals surface area (Å²) in [5.41, 5.74) is 1.80. The fourth-order valence-electron chi connectivity index (χ4n) is 1.91. The van der Waals surface area contributed by atoms with Crippen LogP contribution in [0.15, 0.2) is 24.4 Å². The highest BCUT2D eigenvalue weighted by Gasteiger charge is 2.12. The first kappa shape index (κ1) is 7.75. The van der Waals surface area contributed by atoms with Crippen molar-refractivity contribution in [2.24, 2.45) is 0 Å². The standard InChI is InChI=1S/C10H4N6/c1-2-5-4-11-9-7-8(6(5)3-1)12-13-10(7)15-16-14-9/h1-4H. The highest BCUT2D eigenvalue weighted by Crippen LogP contribution is 2.25. The molecule has 0 unspecified atom stereocenters. The second-order valence-corrected chi connectivity index (χ2v) is 3.51. The average Bonchev–Trinajstić information content (AvgIpc) is 2.88. The van der Waals surface area contributed by atoms with Crippen molar-refractivity contribution in [2.45, 2.75) is 0 Å². The van der Waals surface area contributed by atoms with E-state index in [9.17, 15) is 0 Å². The molecule has 0 aliphatic rings. The van der Waals surface area contributed by atoms with Gasteiger partial charge in [0.15, 0.2) is 5.65 Å². The maximum atomic E-state index is 4.27. The molecule has 4 aromatic rings. The van der Waals surface area contributed by atoms with Crippen LogP contribution in [0.1, 0.15) is 0 Å². The predicted octanol–water partition coefficient (Wildman–Crippen LogP) is 0.954. The van der Waals surface area contributed by atoms with Gasteiger partial charge in [-0.25, -0.2) is 4.98 Å². The smallest absolute Gasteiger partial charge is 0.211 e. The van der Waals surface area contributed by atoms with Crippen molar-refractivity contribution in [3.05, 3.63) is 24.4 Å². The normalized spacial score (nSPS) is 11.8. The fourth-order valence-corrected chi connectivity index (χ4v) is 1.91. The molecule has 0 saturated carbocycles. The number of fused-ring (bicyclic) bond motifs is 2. The summed E-state index contributed by atoms with van der Waals surface area (Å²) in [6.45, 7) is 0. The summed E-state index contributed by atoms with van der Waals surface area (Å²) in [5.74, 6) is 0. The molecule has 0 amide bonds. The zero-order valence-electron chi connectivity index (χ0n) is 7.99. The van der Waals surface area contributed by atoms with Crippen LogP contribution in [0.2, 0.25) is 0 Å². The van der Waals surface area contributed by atoms with Gasteiger partial charge in [0.2, 0.25) is 5.65 Å². The zero-order valence-corrected chi connectivity index (χ0v) is 7.99. The lowest BCUT2D eigenvalue weighted by atomic mass is 10.2. The van der Waals surface area contributed by atoms with E-state index in [1.165, 1.54) is 0 Å². The average molecular weight is 208 g/mol. The van der Waals surface area contributed by atoms with Gasteiger partial charge in [-0.2, -0.15) is 0 Å². The van der Waals surface area contributed by atoms with E-state index in [0.717, 1.165) is 21.7 Å². The van der Waals surface area contributed by atoms with Crippen LogP contribution in [-0.2, 0) is 0 Å². The summed E-state index contributed by atoms with van der Waals surface area (Å²) < 4.78 is 0. The molecule has 0 spiro atoms. The van der Waals surface area contributed by atoms with Crippen molar-refractivity contribution in [1.29, 1.82) is 0 Å². The molecule has 4 rings (SSSR count). The third-order valence-electron chi connectivity index (χ3n) is 2.64. The second-order valence-electron chi connectivity index (χ2n) is 3.51. The Balaban J connectivity index is 2.49. The molecule has 0 aliphatic heterocycles. The predicted molar refractivity (Wildman–Crippen MR) is 56.9 cm³/mol. The molecule has 0 aliphatic carbocycles. The van der Waals surface area contributed by atoms with E-state index in [-0.39, 0.29) is 0 Å². The Hall–Kier alpha value is -2.50. The van der Waals surface area contributed by atoms with Gasteiger partial charge in [0, 0.05) is 17.0 Å². The number of hydrogen-bond acceptors (Lipinski definition) is 6. The van der Waals surface area contributed by atoms with Crippen LogP contribution in [-0.4, -0.2) is 30.6 Å². The molecule has 0 atom stereocenters. The summed E-state index contributed by atoms with van der Waals surface area (Å²) in [7, 11) is 0. The maximum Gasteiger partial charge on any atom is 0.211 e. The van der Waals surface area contributed by atoms with Crippen molar-refractivity contribution in [3.8, 4) is 0 Å². The molecular formula is C10H4N6. The van der Waals surface area contributed by atoms with Crippen molar-refractivity contribution in [1.82, 2.24) is 30.6 Å². The lowest BCUT2D eigenvalue weighted by molar-refractivity contribution is 0.895. The number of aromatic nitrogens is 6. The Labute approximate surface area is 88.7 Å². The highest BCUT2D eigenvalue weighted by molar-refractivity contribution is 6.13. The lowest BCUT2D eigenvalue weighted by Gasteiger charge is -1.85. The quantitative estimate of drug-likeness (QED) is 0.428. The second kappa shape index (κ2) is 2.54. The number of rotatable bonds is 0. The molecule has 0 bridgehead atoms. The topological polar surface area (TPSA) is 77.3 Å².